The first-order valence-corrected chi connectivity index (χ1v) is 10.6. The fraction of sp³-hybridized carbons (Fsp3) is 0.0370. The van der Waals surface area contributed by atoms with Gasteiger partial charge in [-0.05, 0) is 58.5 Å². The molecular formula is C27H18FN5. The molecule has 0 radical (unpaired) electrons. The number of pyridine rings is 3. The number of halogens is 1. The van der Waals surface area contributed by atoms with Gasteiger partial charge in [-0.25, -0.2) is 14.4 Å². The summed E-state index contributed by atoms with van der Waals surface area (Å²) in [5, 5.41) is 7.29. The Kier molecular flexibility index (Phi) is 4.43. The maximum Gasteiger partial charge on any atom is 0.160 e. The zero-order chi connectivity index (χ0) is 22.4. The number of fused-ring (bicyclic) bond motifs is 2. The fourth-order valence-electron chi connectivity index (χ4n) is 4.32. The smallest absolute Gasteiger partial charge is 0.160 e. The number of hydrogen-bond donors (Lipinski definition) is 0. The van der Waals surface area contributed by atoms with Gasteiger partial charge in [0.2, 0.25) is 0 Å². The minimum absolute atomic E-state index is 0.315. The normalized spacial score (nSPS) is 11.3. The lowest BCUT2D eigenvalue weighted by atomic mass is 9.92. The van der Waals surface area contributed by atoms with Crippen LogP contribution in [0.5, 0.6) is 0 Å². The van der Waals surface area contributed by atoms with Crippen LogP contribution in [-0.4, -0.2) is 24.7 Å². The van der Waals surface area contributed by atoms with Crippen LogP contribution in [0, 0.1) is 5.82 Å². The number of nitrogens with zero attached hydrogens (tertiary/aromatic N) is 5. The number of hydrogen-bond acceptors (Lipinski definition) is 4. The molecular weight excluding hydrogens is 413 g/mol. The van der Waals surface area contributed by atoms with Crippen molar-refractivity contribution in [3.63, 3.8) is 0 Å². The molecule has 0 unspecified atom stereocenters. The van der Waals surface area contributed by atoms with Gasteiger partial charge < -0.3 is 0 Å². The molecule has 6 heteroatoms. The zero-order valence-corrected chi connectivity index (χ0v) is 17.8. The van der Waals surface area contributed by atoms with E-state index in [4.69, 9.17) is 0 Å². The van der Waals surface area contributed by atoms with Gasteiger partial charge in [0.1, 0.15) is 5.82 Å². The summed E-state index contributed by atoms with van der Waals surface area (Å²) in [6, 6.07) is 18.7. The number of rotatable bonds is 3. The second kappa shape index (κ2) is 7.60. The van der Waals surface area contributed by atoms with Crippen molar-refractivity contribution < 1.29 is 4.39 Å². The molecule has 0 aliphatic rings. The third-order valence-electron chi connectivity index (χ3n) is 5.86. The van der Waals surface area contributed by atoms with Crippen LogP contribution in [0.3, 0.4) is 0 Å². The molecule has 2 aromatic carbocycles. The van der Waals surface area contributed by atoms with Crippen molar-refractivity contribution in [2.75, 3.05) is 0 Å². The first-order chi connectivity index (χ1) is 16.2. The van der Waals surface area contributed by atoms with E-state index >= 15 is 0 Å². The van der Waals surface area contributed by atoms with Gasteiger partial charge in [0, 0.05) is 53.7 Å². The van der Waals surface area contributed by atoms with E-state index in [-0.39, 0.29) is 5.82 Å². The number of aromatic nitrogens is 5. The van der Waals surface area contributed by atoms with Crippen molar-refractivity contribution in [1.82, 2.24) is 24.7 Å². The summed E-state index contributed by atoms with van der Waals surface area (Å²) in [4.78, 5) is 13.5. The maximum absolute atomic E-state index is 14.6. The van der Waals surface area contributed by atoms with Gasteiger partial charge >= 0.3 is 0 Å². The SMILES string of the molecule is Cn1cc(-c2ccc(-c3cc(-c4ccccc4F)nc4ncccc34)c3cnccc23)cn1. The van der Waals surface area contributed by atoms with Crippen LogP contribution >= 0.6 is 0 Å². The minimum atomic E-state index is -0.315. The van der Waals surface area contributed by atoms with E-state index in [1.807, 2.05) is 56.0 Å². The molecule has 0 saturated heterocycles. The predicted octanol–water partition coefficient (Wildman–Crippen LogP) is 6.05. The summed E-state index contributed by atoms with van der Waals surface area (Å²) in [6.07, 6.45) is 9.22. The van der Waals surface area contributed by atoms with E-state index in [0.717, 1.165) is 38.4 Å². The van der Waals surface area contributed by atoms with Crippen LogP contribution in [-0.2, 0) is 7.05 Å². The molecule has 0 spiro atoms. The zero-order valence-electron chi connectivity index (χ0n) is 17.8. The predicted molar refractivity (Wildman–Crippen MR) is 128 cm³/mol. The first kappa shape index (κ1) is 19.3. The molecule has 5 nitrogen and oxygen atoms in total. The van der Waals surface area contributed by atoms with Gasteiger partial charge in [-0.3, -0.25) is 9.67 Å². The number of benzene rings is 2. The molecule has 0 fully saturated rings. The van der Waals surface area contributed by atoms with Crippen molar-refractivity contribution in [1.29, 1.82) is 0 Å². The maximum atomic E-state index is 14.6. The summed E-state index contributed by atoms with van der Waals surface area (Å²) in [5.74, 6) is -0.315. The number of aryl methyl sites for hydroxylation is 1. The lowest BCUT2D eigenvalue weighted by Crippen LogP contribution is -1.94. The highest BCUT2D eigenvalue weighted by molar-refractivity contribution is 6.08. The lowest BCUT2D eigenvalue weighted by Gasteiger charge is -2.14. The Labute approximate surface area is 189 Å². The molecule has 0 aliphatic heterocycles. The monoisotopic (exact) mass is 431 g/mol. The summed E-state index contributed by atoms with van der Waals surface area (Å²) in [5.41, 5.74) is 5.60. The lowest BCUT2D eigenvalue weighted by molar-refractivity contribution is 0.631. The largest absolute Gasteiger partial charge is 0.275 e. The second-order valence-electron chi connectivity index (χ2n) is 7.89. The van der Waals surface area contributed by atoms with Crippen LogP contribution in [0.25, 0.3) is 55.3 Å². The highest BCUT2D eigenvalue weighted by atomic mass is 19.1. The topological polar surface area (TPSA) is 56.5 Å². The summed E-state index contributed by atoms with van der Waals surface area (Å²) in [7, 11) is 1.90. The summed E-state index contributed by atoms with van der Waals surface area (Å²) >= 11 is 0. The molecule has 33 heavy (non-hydrogen) atoms. The summed E-state index contributed by atoms with van der Waals surface area (Å²) in [6.45, 7) is 0. The van der Waals surface area contributed by atoms with Gasteiger partial charge in [-0.1, -0.05) is 24.3 Å². The van der Waals surface area contributed by atoms with E-state index in [1.54, 1.807) is 29.2 Å². The van der Waals surface area contributed by atoms with Gasteiger partial charge in [-0.2, -0.15) is 5.10 Å². The van der Waals surface area contributed by atoms with Crippen LogP contribution in [0.2, 0.25) is 0 Å². The molecule has 6 rings (SSSR count). The van der Waals surface area contributed by atoms with Gasteiger partial charge in [0.15, 0.2) is 5.65 Å². The molecule has 4 aromatic heterocycles. The minimum Gasteiger partial charge on any atom is -0.275 e. The third-order valence-corrected chi connectivity index (χ3v) is 5.86. The second-order valence-corrected chi connectivity index (χ2v) is 7.89. The fourth-order valence-corrected chi connectivity index (χ4v) is 4.32. The Hall–Kier alpha value is -4.45. The van der Waals surface area contributed by atoms with Gasteiger partial charge in [-0.15, -0.1) is 0 Å². The van der Waals surface area contributed by atoms with E-state index in [1.165, 1.54) is 6.07 Å². The Morgan fingerprint density at radius 2 is 1.64 bits per heavy atom. The molecule has 0 saturated carbocycles. The van der Waals surface area contributed by atoms with Gasteiger partial charge in [0.25, 0.3) is 0 Å². The van der Waals surface area contributed by atoms with Crippen molar-refractivity contribution in [3.05, 3.63) is 97.5 Å². The standard InChI is InChI=1S/C27H18FN5/c1-33-16-17(14-31-33)18-8-9-19(24-15-29-12-10-20(18)24)23-13-26(22-5-2-3-7-25(22)28)32-27-21(23)6-4-11-30-27/h2-16H,1H3. The molecule has 0 amide bonds. The molecule has 6 aromatic rings. The third kappa shape index (κ3) is 3.24. The van der Waals surface area contributed by atoms with Crippen molar-refractivity contribution >= 4 is 21.8 Å². The van der Waals surface area contributed by atoms with Crippen LogP contribution in [0.15, 0.2) is 91.6 Å². The van der Waals surface area contributed by atoms with Crippen LogP contribution in [0.1, 0.15) is 0 Å². The average Bonchev–Trinajstić information content (AvgIpc) is 3.29. The summed E-state index contributed by atoms with van der Waals surface area (Å²) < 4.78 is 16.4. The highest BCUT2D eigenvalue weighted by Gasteiger charge is 2.16. The van der Waals surface area contributed by atoms with Crippen molar-refractivity contribution in [2.24, 2.45) is 7.05 Å². The van der Waals surface area contributed by atoms with E-state index in [0.29, 0.717) is 16.9 Å². The Bertz CT molecular complexity index is 1650. The molecule has 0 aliphatic carbocycles. The highest BCUT2D eigenvalue weighted by Crippen LogP contribution is 2.39. The van der Waals surface area contributed by atoms with E-state index < -0.39 is 0 Å². The molecule has 0 atom stereocenters. The van der Waals surface area contributed by atoms with Crippen LogP contribution in [0.4, 0.5) is 4.39 Å². The molecule has 158 valence electrons. The van der Waals surface area contributed by atoms with E-state index in [9.17, 15) is 4.39 Å². The molecule has 0 N–H and O–H groups in total. The van der Waals surface area contributed by atoms with E-state index in [2.05, 4.69) is 32.2 Å². The Balaban J connectivity index is 1.66. The Morgan fingerprint density at radius 1 is 0.758 bits per heavy atom. The average molecular weight is 431 g/mol. The Morgan fingerprint density at radius 3 is 2.48 bits per heavy atom. The quantitative estimate of drug-likeness (QED) is 0.342. The van der Waals surface area contributed by atoms with Crippen LogP contribution < -0.4 is 0 Å². The van der Waals surface area contributed by atoms with Crippen molar-refractivity contribution in [3.8, 4) is 33.5 Å². The molecule has 0 bridgehead atoms. The van der Waals surface area contributed by atoms with Gasteiger partial charge in [0.05, 0.1) is 11.9 Å². The first-order valence-electron chi connectivity index (χ1n) is 10.6. The molecule has 4 heterocycles. The van der Waals surface area contributed by atoms with Crippen molar-refractivity contribution in [2.45, 2.75) is 0 Å².